The van der Waals surface area contributed by atoms with Crippen molar-refractivity contribution in [3.63, 3.8) is 0 Å². The largest absolute Gasteiger partial charge is 0.497 e. The number of para-hydroxylation sites is 1. The Morgan fingerprint density at radius 3 is 2.43 bits per heavy atom. The Labute approximate surface area is 166 Å². The molecule has 2 heterocycles. The molecule has 0 N–H and O–H groups in total. The van der Waals surface area contributed by atoms with E-state index in [1.807, 2.05) is 38.2 Å². The molecule has 1 fully saturated rings. The summed E-state index contributed by atoms with van der Waals surface area (Å²) in [5.74, 6) is 0.966. The highest BCUT2D eigenvalue weighted by molar-refractivity contribution is 6.10. The first kappa shape index (κ1) is 18.6. The Balaban J connectivity index is 1.50. The number of ether oxygens (including phenoxy) is 1. The molecule has 1 saturated heterocycles. The van der Waals surface area contributed by atoms with Gasteiger partial charge in [0.05, 0.1) is 13.7 Å². The number of nitrogens with zero attached hydrogens (tertiary/aromatic N) is 3. The van der Waals surface area contributed by atoms with E-state index in [0.29, 0.717) is 6.54 Å². The second kappa shape index (κ2) is 7.68. The van der Waals surface area contributed by atoms with Gasteiger partial charge in [-0.3, -0.25) is 9.69 Å². The van der Waals surface area contributed by atoms with Crippen LogP contribution >= 0.6 is 0 Å². The Kier molecular flexibility index (Phi) is 5.09. The maximum Gasteiger partial charge on any atom is 0.179 e. The van der Waals surface area contributed by atoms with Crippen LogP contribution in [0.5, 0.6) is 5.75 Å². The fourth-order valence-electron chi connectivity index (χ4n) is 4.12. The van der Waals surface area contributed by atoms with Crippen LogP contribution in [0.15, 0.2) is 48.5 Å². The number of aryl methyl sites for hydroxylation is 1. The number of hydrogen-bond acceptors (Lipinski definition) is 4. The van der Waals surface area contributed by atoms with Gasteiger partial charge in [0.25, 0.3) is 0 Å². The third-order valence-corrected chi connectivity index (χ3v) is 5.84. The number of carbonyl (C=O) groups excluding carboxylic acids is 1. The Bertz CT molecular complexity index is 986. The zero-order chi connectivity index (χ0) is 19.7. The highest BCUT2D eigenvalue weighted by atomic mass is 16.5. The van der Waals surface area contributed by atoms with Gasteiger partial charge in [0.15, 0.2) is 5.78 Å². The third kappa shape index (κ3) is 3.38. The SMILES string of the molecule is COc1ccc2c(c1)c(C(=O)CN1CCN(c3ccccc3)CC1)c(C)n2C. The Morgan fingerprint density at radius 2 is 1.75 bits per heavy atom. The van der Waals surface area contributed by atoms with Crippen LogP contribution in [0.4, 0.5) is 5.69 Å². The number of methoxy groups -OCH3 is 1. The summed E-state index contributed by atoms with van der Waals surface area (Å²) >= 11 is 0. The number of anilines is 1. The van der Waals surface area contributed by atoms with Gasteiger partial charge in [0.1, 0.15) is 5.75 Å². The monoisotopic (exact) mass is 377 g/mol. The van der Waals surface area contributed by atoms with Crippen molar-refractivity contribution >= 4 is 22.4 Å². The van der Waals surface area contributed by atoms with E-state index in [0.717, 1.165) is 54.1 Å². The fraction of sp³-hybridized carbons (Fsp3) is 0.348. The van der Waals surface area contributed by atoms with Crippen molar-refractivity contribution in [2.75, 3.05) is 44.7 Å². The summed E-state index contributed by atoms with van der Waals surface area (Å²) in [6, 6.07) is 16.4. The molecule has 5 nitrogen and oxygen atoms in total. The highest BCUT2D eigenvalue weighted by Crippen LogP contribution is 2.29. The van der Waals surface area contributed by atoms with Gasteiger partial charge in [-0.1, -0.05) is 18.2 Å². The molecule has 0 radical (unpaired) electrons. The molecule has 1 aromatic heterocycles. The quantitative estimate of drug-likeness (QED) is 0.638. The number of Topliss-reactive ketones (excluding diaryl/α,β-unsaturated/α-hetero) is 1. The number of ketones is 1. The van der Waals surface area contributed by atoms with Crippen LogP contribution < -0.4 is 9.64 Å². The number of fused-ring (bicyclic) bond motifs is 1. The summed E-state index contributed by atoms with van der Waals surface area (Å²) in [6.45, 7) is 6.16. The van der Waals surface area contributed by atoms with Crippen molar-refractivity contribution in [3.05, 3.63) is 59.8 Å². The van der Waals surface area contributed by atoms with Gasteiger partial charge >= 0.3 is 0 Å². The molecule has 3 aromatic rings. The first-order chi connectivity index (χ1) is 13.6. The van der Waals surface area contributed by atoms with Crippen LogP contribution in [0, 0.1) is 6.92 Å². The zero-order valence-corrected chi connectivity index (χ0v) is 16.8. The molecule has 4 rings (SSSR count). The van der Waals surface area contributed by atoms with Crippen molar-refractivity contribution in [2.45, 2.75) is 6.92 Å². The molecule has 0 bridgehead atoms. The summed E-state index contributed by atoms with van der Waals surface area (Å²) in [7, 11) is 3.67. The van der Waals surface area contributed by atoms with Crippen LogP contribution in [-0.2, 0) is 7.05 Å². The van der Waals surface area contributed by atoms with E-state index in [4.69, 9.17) is 4.74 Å². The molecule has 0 amide bonds. The number of rotatable bonds is 5. The van der Waals surface area contributed by atoms with Gasteiger partial charge < -0.3 is 14.2 Å². The van der Waals surface area contributed by atoms with Gasteiger partial charge in [-0.15, -0.1) is 0 Å². The van der Waals surface area contributed by atoms with Crippen molar-refractivity contribution in [1.29, 1.82) is 0 Å². The van der Waals surface area contributed by atoms with Gasteiger partial charge in [-0.2, -0.15) is 0 Å². The molecule has 1 aliphatic heterocycles. The normalized spacial score (nSPS) is 15.2. The molecule has 0 atom stereocenters. The molecule has 5 heteroatoms. The van der Waals surface area contributed by atoms with Crippen LogP contribution in [0.1, 0.15) is 16.1 Å². The fourth-order valence-corrected chi connectivity index (χ4v) is 4.12. The van der Waals surface area contributed by atoms with E-state index < -0.39 is 0 Å². The molecule has 28 heavy (non-hydrogen) atoms. The molecule has 146 valence electrons. The van der Waals surface area contributed by atoms with Crippen LogP contribution in [0.2, 0.25) is 0 Å². The zero-order valence-electron chi connectivity index (χ0n) is 16.8. The number of hydrogen-bond donors (Lipinski definition) is 0. The minimum atomic E-state index is 0.185. The summed E-state index contributed by atoms with van der Waals surface area (Å²) in [4.78, 5) is 17.9. The molecule has 0 saturated carbocycles. The van der Waals surface area contributed by atoms with E-state index in [1.165, 1.54) is 5.69 Å². The maximum atomic E-state index is 13.2. The number of carbonyl (C=O) groups is 1. The van der Waals surface area contributed by atoms with Crippen LogP contribution in [0.25, 0.3) is 10.9 Å². The minimum absolute atomic E-state index is 0.185. The summed E-state index contributed by atoms with van der Waals surface area (Å²) in [6.07, 6.45) is 0. The third-order valence-electron chi connectivity index (χ3n) is 5.84. The molecular formula is C23H27N3O2. The molecule has 0 spiro atoms. The maximum absolute atomic E-state index is 13.2. The second-order valence-corrected chi connectivity index (χ2v) is 7.42. The van der Waals surface area contributed by atoms with Crippen molar-refractivity contribution < 1.29 is 9.53 Å². The van der Waals surface area contributed by atoms with Crippen molar-refractivity contribution in [1.82, 2.24) is 9.47 Å². The molecule has 2 aromatic carbocycles. The van der Waals surface area contributed by atoms with Crippen LogP contribution in [0.3, 0.4) is 0 Å². The van der Waals surface area contributed by atoms with E-state index in [2.05, 4.69) is 38.6 Å². The topological polar surface area (TPSA) is 37.7 Å². The average Bonchev–Trinajstić information content (AvgIpc) is 2.99. The lowest BCUT2D eigenvalue weighted by molar-refractivity contribution is 0.0927. The second-order valence-electron chi connectivity index (χ2n) is 7.42. The number of piperazine rings is 1. The Morgan fingerprint density at radius 1 is 1.04 bits per heavy atom. The summed E-state index contributed by atoms with van der Waals surface area (Å²) in [5, 5.41) is 0.979. The predicted molar refractivity (Wildman–Crippen MR) is 114 cm³/mol. The molecule has 0 aliphatic carbocycles. The average molecular weight is 377 g/mol. The smallest absolute Gasteiger partial charge is 0.179 e. The van der Waals surface area contributed by atoms with Gasteiger partial charge in [-0.25, -0.2) is 0 Å². The van der Waals surface area contributed by atoms with E-state index in [1.54, 1.807) is 7.11 Å². The number of aromatic nitrogens is 1. The number of benzene rings is 2. The van der Waals surface area contributed by atoms with Crippen molar-refractivity contribution in [2.24, 2.45) is 7.05 Å². The van der Waals surface area contributed by atoms with Gasteiger partial charge in [0.2, 0.25) is 0 Å². The molecule has 0 unspecified atom stereocenters. The van der Waals surface area contributed by atoms with E-state index in [9.17, 15) is 4.79 Å². The highest BCUT2D eigenvalue weighted by Gasteiger charge is 2.23. The van der Waals surface area contributed by atoms with E-state index in [-0.39, 0.29) is 5.78 Å². The minimum Gasteiger partial charge on any atom is -0.497 e. The lowest BCUT2D eigenvalue weighted by atomic mass is 10.1. The lowest BCUT2D eigenvalue weighted by Crippen LogP contribution is -2.48. The van der Waals surface area contributed by atoms with Crippen LogP contribution in [-0.4, -0.2) is 55.1 Å². The first-order valence-electron chi connectivity index (χ1n) is 9.77. The standard InChI is InChI=1S/C23H27N3O2/c1-17-23(20-15-19(28-3)9-10-21(20)24(17)2)22(27)16-25-11-13-26(14-12-25)18-7-5-4-6-8-18/h4-10,15H,11-14,16H2,1-3H3. The first-order valence-corrected chi connectivity index (χ1v) is 9.77. The summed E-state index contributed by atoms with van der Waals surface area (Å²) in [5.41, 5.74) is 4.15. The van der Waals surface area contributed by atoms with Crippen molar-refractivity contribution in [3.8, 4) is 5.75 Å². The van der Waals surface area contributed by atoms with Gasteiger partial charge in [-0.05, 0) is 37.3 Å². The lowest BCUT2D eigenvalue weighted by Gasteiger charge is -2.35. The van der Waals surface area contributed by atoms with Gasteiger partial charge in [0, 0.05) is 61.1 Å². The summed E-state index contributed by atoms with van der Waals surface area (Å²) < 4.78 is 7.47. The Hall–Kier alpha value is -2.79. The van der Waals surface area contributed by atoms with E-state index >= 15 is 0 Å². The molecular weight excluding hydrogens is 350 g/mol. The predicted octanol–water partition coefficient (Wildman–Crippen LogP) is 3.50. The molecule has 1 aliphatic rings.